The highest BCUT2D eigenvalue weighted by Crippen LogP contribution is 2.25. The molecule has 1 aromatic heterocycles. The summed E-state index contributed by atoms with van der Waals surface area (Å²) in [5.74, 6) is 0.0327. The highest BCUT2D eigenvalue weighted by Gasteiger charge is 2.32. The fourth-order valence-corrected chi connectivity index (χ4v) is 5.60. The third kappa shape index (κ3) is 5.06. The Labute approximate surface area is 181 Å². The molecule has 0 radical (unpaired) electrons. The number of piperazine rings is 1. The summed E-state index contributed by atoms with van der Waals surface area (Å²) >= 11 is 1.66. The fraction of sp³-hybridized carbons (Fsp3) is 0.500. The van der Waals surface area contributed by atoms with Crippen molar-refractivity contribution in [3.05, 3.63) is 41.4 Å². The van der Waals surface area contributed by atoms with Crippen molar-refractivity contribution in [1.29, 1.82) is 0 Å². The molecule has 2 saturated heterocycles. The molecule has 2 N–H and O–H groups in total. The van der Waals surface area contributed by atoms with Crippen molar-refractivity contribution in [3.8, 4) is 10.6 Å². The minimum absolute atomic E-state index is 0.110. The van der Waals surface area contributed by atoms with Gasteiger partial charge in [0.1, 0.15) is 5.01 Å². The topological polar surface area (TPSA) is 99.8 Å². The van der Waals surface area contributed by atoms with Gasteiger partial charge < -0.3 is 4.90 Å². The first-order chi connectivity index (χ1) is 14.4. The first-order valence-electron chi connectivity index (χ1n) is 10.2. The van der Waals surface area contributed by atoms with E-state index in [0.29, 0.717) is 39.0 Å². The number of hydrogen-bond acceptors (Lipinski definition) is 6. The summed E-state index contributed by atoms with van der Waals surface area (Å²) in [7, 11) is -3.66. The molecule has 3 heterocycles. The molecule has 2 aromatic rings. The summed E-state index contributed by atoms with van der Waals surface area (Å²) in [6.45, 7) is 4.47. The van der Waals surface area contributed by atoms with Gasteiger partial charge in [0.05, 0.1) is 5.69 Å². The average Bonchev–Trinajstić information content (AvgIpc) is 3.22. The standard InChI is InChI=1S/C20H27N5O3S2/c21-30(27,28)25-8-6-17(7-9-25)20(26)24-12-10-23(11-13-24)14-18-15-29-19(22-18)16-4-2-1-3-5-16/h1-5,15,17H,6-14H2,(H2,21,27,28). The number of nitrogens with zero attached hydrogens (tertiary/aromatic N) is 4. The molecular formula is C20H27N5O3S2. The Bertz CT molecular complexity index is 963. The van der Waals surface area contributed by atoms with Crippen molar-refractivity contribution in [2.75, 3.05) is 39.3 Å². The maximum atomic E-state index is 12.8. The molecule has 4 rings (SSSR count). The lowest BCUT2D eigenvalue weighted by atomic mass is 9.96. The monoisotopic (exact) mass is 449 g/mol. The van der Waals surface area contributed by atoms with Crippen LogP contribution in [-0.2, 0) is 21.5 Å². The van der Waals surface area contributed by atoms with Crippen molar-refractivity contribution in [3.63, 3.8) is 0 Å². The van der Waals surface area contributed by atoms with Crippen LogP contribution in [0.15, 0.2) is 35.7 Å². The lowest BCUT2D eigenvalue weighted by Crippen LogP contribution is -2.52. The van der Waals surface area contributed by atoms with Gasteiger partial charge in [-0.2, -0.15) is 12.7 Å². The summed E-state index contributed by atoms with van der Waals surface area (Å²) in [4.78, 5) is 21.8. The Balaban J connectivity index is 1.25. The molecule has 2 aliphatic heterocycles. The van der Waals surface area contributed by atoms with E-state index in [2.05, 4.69) is 22.4 Å². The molecule has 0 saturated carbocycles. The highest BCUT2D eigenvalue weighted by molar-refractivity contribution is 7.86. The molecular weight excluding hydrogens is 422 g/mol. The van der Waals surface area contributed by atoms with Crippen molar-refractivity contribution in [2.24, 2.45) is 11.1 Å². The molecule has 0 spiro atoms. The molecule has 162 valence electrons. The number of nitrogens with two attached hydrogens (primary N) is 1. The molecule has 1 amide bonds. The summed E-state index contributed by atoms with van der Waals surface area (Å²) in [5, 5.41) is 8.32. The number of aromatic nitrogens is 1. The number of thiazole rings is 1. The second-order valence-corrected chi connectivity index (χ2v) is 10.2. The third-order valence-corrected chi connectivity index (χ3v) is 7.83. The van der Waals surface area contributed by atoms with Gasteiger partial charge in [0.15, 0.2) is 0 Å². The van der Waals surface area contributed by atoms with Crippen LogP contribution in [0.3, 0.4) is 0 Å². The SMILES string of the molecule is NS(=O)(=O)N1CCC(C(=O)N2CCN(Cc3csc(-c4ccccc4)n3)CC2)CC1. The maximum absolute atomic E-state index is 12.8. The highest BCUT2D eigenvalue weighted by atomic mass is 32.2. The van der Waals surface area contributed by atoms with Crippen LogP contribution in [0.5, 0.6) is 0 Å². The van der Waals surface area contributed by atoms with Gasteiger partial charge >= 0.3 is 0 Å². The summed E-state index contributed by atoms with van der Waals surface area (Å²) < 4.78 is 24.1. The first-order valence-corrected chi connectivity index (χ1v) is 12.6. The summed E-state index contributed by atoms with van der Waals surface area (Å²) in [6.07, 6.45) is 1.08. The van der Waals surface area contributed by atoms with Gasteiger partial charge in [-0.05, 0) is 12.8 Å². The smallest absolute Gasteiger partial charge is 0.276 e. The number of carbonyl (C=O) groups excluding carboxylic acids is 1. The zero-order valence-corrected chi connectivity index (χ0v) is 18.4. The van der Waals surface area contributed by atoms with Gasteiger partial charge in [-0.3, -0.25) is 9.69 Å². The Morgan fingerprint density at radius 3 is 2.37 bits per heavy atom. The van der Waals surface area contributed by atoms with E-state index >= 15 is 0 Å². The number of piperidine rings is 1. The van der Waals surface area contributed by atoms with E-state index in [-0.39, 0.29) is 11.8 Å². The van der Waals surface area contributed by atoms with Gasteiger partial charge in [0.2, 0.25) is 5.91 Å². The average molecular weight is 450 g/mol. The van der Waals surface area contributed by atoms with Crippen molar-refractivity contribution in [2.45, 2.75) is 19.4 Å². The second-order valence-electron chi connectivity index (χ2n) is 7.83. The largest absolute Gasteiger partial charge is 0.340 e. The van der Waals surface area contributed by atoms with Crippen molar-refractivity contribution >= 4 is 27.5 Å². The van der Waals surface area contributed by atoms with Crippen LogP contribution >= 0.6 is 11.3 Å². The number of carbonyl (C=O) groups is 1. The van der Waals surface area contributed by atoms with E-state index in [1.807, 2.05) is 23.1 Å². The minimum atomic E-state index is -3.66. The van der Waals surface area contributed by atoms with E-state index in [1.54, 1.807) is 11.3 Å². The molecule has 0 bridgehead atoms. The summed E-state index contributed by atoms with van der Waals surface area (Å²) in [6, 6.07) is 10.2. The predicted octanol–water partition coefficient (Wildman–Crippen LogP) is 1.37. The molecule has 0 atom stereocenters. The van der Waals surface area contributed by atoms with Crippen LogP contribution < -0.4 is 5.14 Å². The Morgan fingerprint density at radius 2 is 1.73 bits per heavy atom. The van der Waals surface area contributed by atoms with Crippen LogP contribution in [-0.4, -0.2) is 72.7 Å². The number of hydrogen-bond donors (Lipinski definition) is 1. The van der Waals surface area contributed by atoms with Gasteiger partial charge in [-0.15, -0.1) is 11.3 Å². The normalized spacial score (nSPS) is 19.8. The maximum Gasteiger partial charge on any atom is 0.276 e. The van der Waals surface area contributed by atoms with E-state index in [0.717, 1.165) is 35.9 Å². The van der Waals surface area contributed by atoms with Gasteiger partial charge in [-0.1, -0.05) is 30.3 Å². The molecule has 0 unspecified atom stereocenters. The molecule has 2 aliphatic rings. The van der Waals surface area contributed by atoms with Crippen LogP contribution in [0.1, 0.15) is 18.5 Å². The molecule has 30 heavy (non-hydrogen) atoms. The van der Waals surface area contributed by atoms with Crippen LogP contribution in [0.25, 0.3) is 10.6 Å². The predicted molar refractivity (Wildman–Crippen MR) is 117 cm³/mol. The first kappa shape index (κ1) is 21.4. The van der Waals surface area contributed by atoms with Crippen molar-refractivity contribution < 1.29 is 13.2 Å². The Hall–Kier alpha value is -1.85. The molecule has 10 heteroatoms. The summed E-state index contributed by atoms with van der Waals surface area (Å²) in [5.41, 5.74) is 2.20. The van der Waals surface area contributed by atoms with Crippen molar-refractivity contribution in [1.82, 2.24) is 19.1 Å². The Morgan fingerprint density at radius 1 is 1.07 bits per heavy atom. The fourth-order valence-electron chi connectivity index (χ4n) is 4.06. The lowest BCUT2D eigenvalue weighted by molar-refractivity contribution is -0.138. The van der Waals surface area contributed by atoms with Gasteiger partial charge in [-0.25, -0.2) is 10.1 Å². The van der Waals surface area contributed by atoms with Crippen LogP contribution in [0, 0.1) is 5.92 Å². The number of benzene rings is 1. The zero-order valence-electron chi connectivity index (χ0n) is 16.8. The van der Waals surface area contributed by atoms with Crippen LogP contribution in [0.4, 0.5) is 0 Å². The van der Waals surface area contributed by atoms with E-state index in [1.165, 1.54) is 4.31 Å². The van der Waals surface area contributed by atoms with Crippen LogP contribution in [0.2, 0.25) is 0 Å². The minimum Gasteiger partial charge on any atom is -0.340 e. The number of amides is 1. The molecule has 2 fully saturated rings. The zero-order chi connectivity index (χ0) is 21.1. The second kappa shape index (κ2) is 9.11. The van der Waals surface area contributed by atoms with E-state index in [9.17, 15) is 13.2 Å². The third-order valence-electron chi connectivity index (χ3n) is 5.81. The number of rotatable bonds is 5. The van der Waals surface area contributed by atoms with Gasteiger partial charge in [0, 0.05) is 62.7 Å². The van der Waals surface area contributed by atoms with E-state index in [4.69, 9.17) is 10.1 Å². The lowest BCUT2D eigenvalue weighted by Gasteiger charge is -2.38. The Kier molecular flexibility index (Phi) is 6.49. The molecule has 1 aromatic carbocycles. The molecule has 0 aliphatic carbocycles. The van der Waals surface area contributed by atoms with E-state index < -0.39 is 10.2 Å². The quantitative estimate of drug-likeness (QED) is 0.743. The molecule has 8 nitrogen and oxygen atoms in total. The van der Waals surface area contributed by atoms with Gasteiger partial charge in [0.25, 0.3) is 10.2 Å².